The Morgan fingerprint density at radius 3 is 2.50 bits per heavy atom. The zero-order chi connectivity index (χ0) is 20.5. The number of sulfonamides is 1. The SMILES string of the molecule is O=C(O)[C@@H]1CC(Oc2ccccc2)CN1S(=O)(=O)c1ccc(Cl)c(CBr)c1Cl. The van der Waals surface area contributed by atoms with Crippen LogP contribution >= 0.6 is 39.1 Å². The van der Waals surface area contributed by atoms with Gasteiger partial charge in [-0.25, -0.2) is 8.42 Å². The molecule has 1 aliphatic rings. The molecule has 0 aliphatic carbocycles. The Labute approximate surface area is 181 Å². The molecule has 2 aromatic carbocycles. The Morgan fingerprint density at radius 1 is 1.21 bits per heavy atom. The molecular formula is C18H16BrCl2NO5S. The van der Waals surface area contributed by atoms with Crippen LogP contribution in [0.4, 0.5) is 0 Å². The third-order valence-corrected chi connectivity index (χ3v) is 7.79. The van der Waals surface area contributed by atoms with Gasteiger partial charge in [0.2, 0.25) is 10.0 Å². The minimum atomic E-state index is -4.18. The molecule has 0 bridgehead atoms. The van der Waals surface area contributed by atoms with E-state index in [4.69, 9.17) is 27.9 Å². The lowest BCUT2D eigenvalue weighted by molar-refractivity contribution is -0.140. The minimum Gasteiger partial charge on any atom is -0.489 e. The fourth-order valence-corrected chi connectivity index (χ4v) is 6.48. The van der Waals surface area contributed by atoms with E-state index < -0.39 is 28.1 Å². The van der Waals surface area contributed by atoms with Gasteiger partial charge in [-0.2, -0.15) is 4.31 Å². The summed E-state index contributed by atoms with van der Waals surface area (Å²) in [4.78, 5) is 11.5. The van der Waals surface area contributed by atoms with Crippen LogP contribution in [0.2, 0.25) is 10.0 Å². The first-order valence-electron chi connectivity index (χ1n) is 8.25. The average Bonchev–Trinajstić information content (AvgIpc) is 3.08. The second-order valence-electron chi connectivity index (χ2n) is 6.19. The van der Waals surface area contributed by atoms with Crippen molar-refractivity contribution in [2.45, 2.75) is 28.8 Å². The van der Waals surface area contributed by atoms with Gasteiger partial charge in [-0.05, 0) is 24.3 Å². The number of carbonyl (C=O) groups is 1. The lowest BCUT2D eigenvalue weighted by Crippen LogP contribution is -2.40. The third-order valence-electron chi connectivity index (χ3n) is 4.42. The van der Waals surface area contributed by atoms with Crippen molar-refractivity contribution in [1.82, 2.24) is 4.31 Å². The zero-order valence-corrected chi connectivity index (χ0v) is 18.3. The molecule has 28 heavy (non-hydrogen) atoms. The summed E-state index contributed by atoms with van der Waals surface area (Å²) >= 11 is 15.6. The molecule has 0 amide bonds. The summed E-state index contributed by atoms with van der Waals surface area (Å²) in [5.41, 5.74) is 0.424. The molecule has 6 nitrogen and oxygen atoms in total. The lowest BCUT2D eigenvalue weighted by atomic mass is 10.2. The molecule has 2 aromatic rings. The molecule has 0 spiro atoms. The van der Waals surface area contributed by atoms with Gasteiger partial charge in [0, 0.05) is 22.3 Å². The Hall–Kier alpha value is -1.32. The van der Waals surface area contributed by atoms with Crippen LogP contribution in [0.3, 0.4) is 0 Å². The number of ether oxygens (including phenoxy) is 1. The van der Waals surface area contributed by atoms with Crippen molar-refractivity contribution < 1.29 is 23.1 Å². The zero-order valence-electron chi connectivity index (χ0n) is 14.4. The minimum absolute atomic E-state index is 0.0269. The number of benzene rings is 2. The van der Waals surface area contributed by atoms with Crippen LogP contribution in [0.5, 0.6) is 5.75 Å². The normalized spacial score (nSPS) is 20.2. The van der Waals surface area contributed by atoms with Crippen molar-refractivity contribution in [3.63, 3.8) is 0 Å². The molecule has 1 saturated heterocycles. The van der Waals surface area contributed by atoms with E-state index in [2.05, 4.69) is 15.9 Å². The maximum Gasteiger partial charge on any atom is 0.322 e. The van der Waals surface area contributed by atoms with E-state index in [1.165, 1.54) is 12.1 Å². The number of rotatable bonds is 6. The summed E-state index contributed by atoms with van der Waals surface area (Å²) in [5.74, 6) is -0.699. The predicted octanol–water partition coefficient (Wildman–Crippen LogP) is 4.18. The summed E-state index contributed by atoms with van der Waals surface area (Å²) in [6.45, 7) is -0.100. The van der Waals surface area contributed by atoms with E-state index in [1.54, 1.807) is 24.3 Å². The summed E-state index contributed by atoms with van der Waals surface area (Å²) in [6.07, 6.45) is -0.569. The summed E-state index contributed by atoms with van der Waals surface area (Å²) in [6, 6.07) is 10.3. The summed E-state index contributed by atoms with van der Waals surface area (Å²) in [5, 5.41) is 10.1. The topological polar surface area (TPSA) is 83.9 Å². The molecule has 1 unspecified atom stereocenters. The second-order valence-corrected chi connectivity index (χ2v) is 9.39. The van der Waals surface area contributed by atoms with Gasteiger partial charge < -0.3 is 9.84 Å². The highest BCUT2D eigenvalue weighted by Crippen LogP contribution is 2.36. The van der Waals surface area contributed by atoms with E-state index in [9.17, 15) is 18.3 Å². The number of carboxylic acids is 1. The number of halogens is 3. The number of nitrogens with zero attached hydrogens (tertiary/aromatic N) is 1. The fraction of sp³-hybridized carbons (Fsp3) is 0.278. The molecule has 0 radical (unpaired) electrons. The Balaban J connectivity index is 1.94. The van der Waals surface area contributed by atoms with E-state index in [1.807, 2.05) is 6.07 Å². The summed E-state index contributed by atoms with van der Waals surface area (Å²) < 4.78 is 33.1. The predicted molar refractivity (Wildman–Crippen MR) is 110 cm³/mol. The van der Waals surface area contributed by atoms with Gasteiger partial charge in [-0.15, -0.1) is 0 Å². The van der Waals surface area contributed by atoms with Gasteiger partial charge in [0.25, 0.3) is 0 Å². The standard InChI is InChI=1S/C18H16BrCl2NO5S/c19-9-13-14(20)6-7-16(17(13)21)28(25,26)22-10-12(8-15(22)18(23)24)27-11-4-2-1-3-5-11/h1-7,12,15H,8-10H2,(H,23,24)/t12?,15-/m0/s1. The Morgan fingerprint density at radius 2 is 1.89 bits per heavy atom. The van der Waals surface area contributed by atoms with Crippen LogP contribution in [-0.4, -0.2) is 42.5 Å². The quantitative estimate of drug-likeness (QED) is 0.591. The van der Waals surface area contributed by atoms with E-state index in [0.29, 0.717) is 16.3 Å². The summed E-state index contributed by atoms with van der Waals surface area (Å²) in [7, 11) is -4.18. The largest absolute Gasteiger partial charge is 0.489 e. The van der Waals surface area contributed by atoms with E-state index in [-0.39, 0.29) is 28.2 Å². The first-order chi connectivity index (χ1) is 13.3. The number of para-hydroxylation sites is 1. The number of alkyl halides is 1. The highest BCUT2D eigenvalue weighted by molar-refractivity contribution is 9.08. The highest BCUT2D eigenvalue weighted by Gasteiger charge is 2.45. The second kappa shape index (κ2) is 8.59. The van der Waals surface area contributed by atoms with Gasteiger partial charge in [-0.3, -0.25) is 4.79 Å². The van der Waals surface area contributed by atoms with Gasteiger partial charge in [-0.1, -0.05) is 57.3 Å². The van der Waals surface area contributed by atoms with Crippen LogP contribution in [0.25, 0.3) is 0 Å². The molecule has 1 N–H and O–H groups in total. The van der Waals surface area contributed by atoms with Crippen molar-refractivity contribution >= 4 is 55.1 Å². The van der Waals surface area contributed by atoms with Gasteiger partial charge >= 0.3 is 5.97 Å². The molecule has 150 valence electrons. The molecule has 10 heteroatoms. The van der Waals surface area contributed by atoms with Gasteiger partial charge in [0.15, 0.2) is 0 Å². The monoisotopic (exact) mass is 507 g/mol. The van der Waals surface area contributed by atoms with Crippen molar-refractivity contribution in [3.8, 4) is 5.75 Å². The van der Waals surface area contributed by atoms with Crippen LogP contribution < -0.4 is 4.74 Å². The molecule has 0 aromatic heterocycles. The first-order valence-corrected chi connectivity index (χ1v) is 11.6. The van der Waals surface area contributed by atoms with Crippen LogP contribution in [-0.2, 0) is 20.1 Å². The fourth-order valence-electron chi connectivity index (χ4n) is 3.06. The van der Waals surface area contributed by atoms with Crippen molar-refractivity contribution in [1.29, 1.82) is 0 Å². The van der Waals surface area contributed by atoms with Crippen molar-refractivity contribution in [2.75, 3.05) is 6.54 Å². The first kappa shape index (κ1) is 21.4. The van der Waals surface area contributed by atoms with Crippen molar-refractivity contribution in [3.05, 3.63) is 58.1 Å². The average molecular weight is 509 g/mol. The van der Waals surface area contributed by atoms with Crippen LogP contribution in [0.15, 0.2) is 47.4 Å². The van der Waals surface area contributed by atoms with Crippen molar-refractivity contribution in [2.24, 2.45) is 0 Å². The number of carboxylic acid groups (broad SMARTS) is 1. The van der Waals surface area contributed by atoms with E-state index in [0.717, 1.165) is 4.31 Å². The maximum atomic E-state index is 13.2. The Kier molecular flexibility index (Phi) is 6.56. The molecule has 1 heterocycles. The lowest BCUT2D eigenvalue weighted by Gasteiger charge is -2.22. The number of hydrogen-bond donors (Lipinski definition) is 1. The molecule has 1 aliphatic heterocycles. The molecular weight excluding hydrogens is 493 g/mol. The molecule has 0 saturated carbocycles. The molecule has 3 rings (SSSR count). The Bertz CT molecular complexity index is 987. The smallest absolute Gasteiger partial charge is 0.322 e. The highest BCUT2D eigenvalue weighted by atomic mass is 79.9. The van der Waals surface area contributed by atoms with Crippen LogP contribution in [0.1, 0.15) is 12.0 Å². The van der Waals surface area contributed by atoms with Crippen LogP contribution in [0, 0.1) is 0 Å². The molecule has 1 fully saturated rings. The number of hydrogen-bond acceptors (Lipinski definition) is 4. The number of aliphatic carboxylic acids is 1. The third kappa shape index (κ3) is 4.16. The van der Waals surface area contributed by atoms with E-state index >= 15 is 0 Å². The van der Waals surface area contributed by atoms with Gasteiger partial charge in [0.1, 0.15) is 22.8 Å². The maximum absolute atomic E-state index is 13.2. The molecule has 2 atom stereocenters. The van der Waals surface area contributed by atoms with Gasteiger partial charge in [0.05, 0.1) is 11.6 Å².